The third kappa shape index (κ3) is 1.99. The van der Waals surface area contributed by atoms with E-state index in [0.29, 0.717) is 5.92 Å². The highest BCUT2D eigenvalue weighted by Gasteiger charge is 2.36. The fourth-order valence-electron chi connectivity index (χ4n) is 3.98. The molecule has 0 spiro atoms. The highest BCUT2D eigenvalue weighted by Crippen LogP contribution is 2.52. The number of benzene rings is 1. The van der Waals surface area contributed by atoms with Crippen molar-refractivity contribution >= 4 is 5.57 Å². The quantitative estimate of drug-likeness (QED) is 0.656. The maximum atomic E-state index is 5.31. The molecule has 0 saturated heterocycles. The lowest BCUT2D eigenvalue weighted by Gasteiger charge is -2.22. The Balaban J connectivity index is 1.88. The van der Waals surface area contributed by atoms with Crippen molar-refractivity contribution in [3.8, 4) is 0 Å². The maximum absolute atomic E-state index is 5.31. The minimum absolute atomic E-state index is 0.337. The first-order valence-corrected chi connectivity index (χ1v) is 8.16. The zero-order valence-electron chi connectivity index (χ0n) is 14.1. The summed E-state index contributed by atoms with van der Waals surface area (Å²) >= 11 is 0. The Morgan fingerprint density at radius 1 is 0.826 bits per heavy atom. The van der Waals surface area contributed by atoms with Crippen LogP contribution in [-0.2, 0) is 0 Å². The molecule has 4 rings (SSSR count). The molecule has 1 heteroatoms. The fraction of sp³-hybridized carbons (Fsp3) is 0.227. The van der Waals surface area contributed by atoms with E-state index in [-0.39, 0.29) is 0 Å². The Morgan fingerprint density at radius 3 is 2.17 bits per heavy atom. The van der Waals surface area contributed by atoms with E-state index in [1.165, 1.54) is 44.9 Å². The molecule has 23 heavy (non-hydrogen) atoms. The summed E-state index contributed by atoms with van der Waals surface area (Å²) in [5, 5.41) is 0. The molecule has 0 bridgehead atoms. The Hall–Kier alpha value is -2.28. The molecule has 0 aliphatic heterocycles. The first-order valence-electron chi connectivity index (χ1n) is 8.16. The first-order chi connectivity index (χ1) is 11.1. The van der Waals surface area contributed by atoms with Crippen molar-refractivity contribution in [2.75, 3.05) is 0 Å². The summed E-state index contributed by atoms with van der Waals surface area (Å²) in [4.78, 5) is 0. The van der Waals surface area contributed by atoms with Gasteiger partial charge in [0.1, 0.15) is 0 Å². The third-order valence-corrected chi connectivity index (χ3v) is 5.56. The summed E-state index contributed by atoms with van der Waals surface area (Å²) in [6.45, 7) is 9.00. The molecule has 1 aromatic carbocycles. The monoisotopic (exact) mass is 301 g/mol. The standard InChI is InChI=1S/C22H21O/c1-13-14(2)16(4)22(15(13)3)21-11-20(17-9-10-23-12-17)18-7-5-6-8-19(18)21/h5-12,21H,1-4H3. The predicted octanol–water partition coefficient (Wildman–Crippen LogP) is 6.07. The van der Waals surface area contributed by atoms with Crippen LogP contribution < -0.4 is 0 Å². The molecule has 2 aromatic rings. The molecule has 1 radical (unpaired) electrons. The third-order valence-electron chi connectivity index (χ3n) is 5.56. The van der Waals surface area contributed by atoms with Crippen LogP contribution in [0.25, 0.3) is 5.57 Å². The lowest BCUT2D eigenvalue weighted by Crippen LogP contribution is -2.08. The Bertz CT molecular complexity index is 835. The van der Waals surface area contributed by atoms with E-state index >= 15 is 0 Å². The average molecular weight is 301 g/mol. The summed E-state index contributed by atoms with van der Waals surface area (Å²) in [5.41, 5.74) is 10.9. The zero-order valence-corrected chi connectivity index (χ0v) is 14.1. The van der Waals surface area contributed by atoms with Crippen LogP contribution in [-0.4, -0.2) is 0 Å². The molecule has 1 aromatic heterocycles. The largest absolute Gasteiger partial charge is 0.472 e. The second kappa shape index (κ2) is 5.13. The minimum atomic E-state index is 0.337. The molecule has 0 fully saturated rings. The van der Waals surface area contributed by atoms with Crippen LogP contribution >= 0.6 is 0 Å². The van der Waals surface area contributed by atoms with Crippen LogP contribution in [0.2, 0.25) is 0 Å². The lowest BCUT2D eigenvalue weighted by molar-refractivity contribution is 0.566. The van der Waals surface area contributed by atoms with Gasteiger partial charge in [-0.15, -0.1) is 0 Å². The van der Waals surface area contributed by atoms with E-state index in [9.17, 15) is 0 Å². The van der Waals surface area contributed by atoms with E-state index < -0.39 is 0 Å². The van der Waals surface area contributed by atoms with Crippen molar-refractivity contribution in [1.29, 1.82) is 0 Å². The molecule has 1 nitrogen and oxygen atoms in total. The van der Waals surface area contributed by atoms with E-state index in [2.05, 4.69) is 58.0 Å². The van der Waals surface area contributed by atoms with Gasteiger partial charge in [-0.1, -0.05) is 41.5 Å². The topological polar surface area (TPSA) is 13.1 Å². The highest BCUT2D eigenvalue weighted by atomic mass is 16.3. The molecule has 1 heterocycles. The van der Waals surface area contributed by atoms with Gasteiger partial charge < -0.3 is 4.42 Å². The zero-order chi connectivity index (χ0) is 16.1. The molecule has 2 aliphatic rings. The van der Waals surface area contributed by atoms with E-state index in [1.807, 2.05) is 12.3 Å². The van der Waals surface area contributed by atoms with Crippen LogP contribution in [0.5, 0.6) is 0 Å². The Labute approximate surface area is 138 Å². The van der Waals surface area contributed by atoms with Gasteiger partial charge in [0.15, 0.2) is 0 Å². The van der Waals surface area contributed by atoms with E-state index in [0.717, 1.165) is 5.56 Å². The number of hydrogen-bond acceptors (Lipinski definition) is 1. The molecule has 0 N–H and O–H groups in total. The van der Waals surface area contributed by atoms with Crippen molar-refractivity contribution in [3.05, 3.63) is 93.8 Å². The molecular formula is C22H21O. The number of fused-ring (bicyclic) bond motifs is 1. The maximum Gasteiger partial charge on any atom is 0.0981 e. The molecule has 0 amide bonds. The number of furan rings is 1. The van der Waals surface area contributed by atoms with Gasteiger partial charge in [0.25, 0.3) is 0 Å². The minimum Gasteiger partial charge on any atom is -0.472 e. The smallest absolute Gasteiger partial charge is 0.0981 e. The molecule has 1 unspecified atom stereocenters. The van der Waals surface area contributed by atoms with Crippen LogP contribution in [0.15, 0.2) is 75.6 Å². The van der Waals surface area contributed by atoms with Crippen molar-refractivity contribution < 1.29 is 4.42 Å². The van der Waals surface area contributed by atoms with Crippen LogP contribution in [0.4, 0.5) is 0 Å². The van der Waals surface area contributed by atoms with Gasteiger partial charge in [-0.2, -0.15) is 0 Å². The van der Waals surface area contributed by atoms with E-state index in [4.69, 9.17) is 4.42 Å². The summed E-state index contributed by atoms with van der Waals surface area (Å²) in [6.07, 6.45) is 6.00. The summed E-state index contributed by atoms with van der Waals surface area (Å²) in [6, 6.07) is 10.8. The van der Waals surface area contributed by atoms with E-state index in [1.54, 1.807) is 6.26 Å². The van der Waals surface area contributed by atoms with Crippen molar-refractivity contribution in [2.45, 2.75) is 33.6 Å². The molecule has 0 saturated carbocycles. The number of hydrogen-bond donors (Lipinski definition) is 0. The van der Waals surface area contributed by atoms with Crippen LogP contribution in [0.3, 0.4) is 0 Å². The number of rotatable bonds is 2. The van der Waals surface area contributed by atoms with Gasteiger partial charge in [0.05, 0.1) is 12.5 Å². The van der Waals surface area contributed by atoms with Gasteiger partial charge in [0.2, 0.25) is 0 Å². The Morgan fingerprint density at radius 2 is 1.52 bits per heavy atom. The van der Waals surface area contributed by atoms with Crippen molar-refractivity contribution in [1.82, 2.24) is 0 Å². The fourth-order valence-corrected chi connectivity index (χ4v) is 3.98. The van der Waals surface area contributed by atoms with Gasteiger partial charge in [0, 0.05) is 17.4 Å². The normalized spacial score (nSPS) is 21.2. The van der Waals surface area contributed by atoms with Gasteiger partial charge >= 0.3 is 0 Å². The SMILES string of the molecule is CC1=C(C)C(C)=C(C)[C]1C1C=C(c2ccoc2)c2ccccc21. The van der Waals surface area contributed by atoms with Gasteiger partial charge in [-0.3, -0.25) is 0 Å². The van der Waals surface area contributed by atoms with Crippen molar-refractivity contribution in [2.24, 2.45) is 0 Å². The van der Waals surface area contributed by atoms with Crippen LogP contribution in [0, 0.1) is 5.92 Å². The second-order valence-electron chi connectivity index (χ2n) is 6.57. The summed E-state index contributed by atoms with van der Waals surface area (Å²) in [5.74, 6) is 1.81. The highest BCUT2D eigenvalue weighted by molar-refractivity contribution is 5.87. The summed E-state index contributed by atoms with van der Waals surface area (Å²) < 4.78 is 5.31. The molecular weight excluding hydrogens is 280 g/mol. The molecule has 115 valence electrons. The summed E-state index contributed by atoms with van der Waals surface area (Å²) in [7, 11) is 0. The average Bonchev–Trinajstić information content (AvgIpc) is 3.24. The Kier molecular flexibility index (Phi) is 3.19. The van der Waals surface area contributed by atoms with Gasteiger partial charge in [-0.25, -0.2) is 0 Å². The molecule has 1 atom stereocenters. The second-order valence-corrected chi connectivity index (χ2v) is 6.57. The number of allylic oxidation sites excluding steroid dienone is 5. The molecule has 2 aliphatic carbocycles. The van der Waals surface area contributed by atoms with Gasteiger partial charge in [-0.05, 0) is 61.6 Å². The predicted molar refractivity (Wildman–Crippen MR) is 95.0 cm³/mol. The lowest BCUT2D eigenvalue weighted by atomic mass is 9.81. The first kappa shape index (κ1) is 14.3. The van der Waals surface area contributed by atoms with Crippen molar-refractivity contribution in [3.63, 3.8) is 0 Å². The van der Waals surface area contributed by atoms with Crippen LogP contribution in [0.1, 0.15) is 50.3 Å².